The zero-order valence-corrected chi connectivity index (χ0v) is 14.8. The Labute approximate surface area is 152 Å². The lowest BCUT2D eigenvalue weighted by Crippen LogP contribution is -2.36. The van der Waals surface area contributed by atoms with Gasteiger partial charge in [0.1, 0.15) is 0 Å². The number of hydrogen-bond donors (Lipinski definition) is 3. The van der Waals surface area contributed by atoms with Crippen LogP contribution in [0.1, 0.15) is 53.0 Å². The van der Waals surface area contributed by atoms with Crippen LogP contribution in [0.25, 0.3) is 11.3 Å². The average molecular weight is 353 g/mol. The maximum absolute atomic E-state index is 12.5. The molecule has 2 amide bonds. The van der Waals surface area contributed by atoms with Crippen molar-refractivity contribution in [2.45, 2.75) is 38.1 Å². The first-order chi connectivity index (χ1) is 12.6. The third-order valence-corrected chi connectivity index (χ3v) is 4.60. The van der Waals surface area contributed by atoms with Crippen molar-refractivity contribution in [1.29, 1.82) is 0 Å². The summed E-state index contributed by atoms with van der Waals surface area (Å²) in [6, 6.07) is 7.39. The molecule has 1 aromatic heterocycles. The first-order valence-corrected chi connectivity index (χ1v) is 8.84. The van der Waals surface area contributed by atoms with E-state index in [1.54, 1.807) is 18.2 Å². The van der Waals surface area contributed by atoms with Crippen LogP contribution in [0.4, 0.5) is 5.82 Å². The summed E-state index contributed by atoms with van der Waals surface area (Å²) in [7, 11) is 1.51. The van der Waals surface area contributed by atoms with Gasteiger partial charge in [-0.1, -0.05) is 31.4 Å². The maximum atomic E-state index is 12.5. The molecule has 0 unspecified atom stereocenters. The van der Waals surface area contributed by atoms with Gasteiger partial charge in [0.2, 0.25) is 0 Å². The molecular formula is C19H23N5O2. The van der Waals surface area contributed by atoms with E-state index in [0.717, 1.165) is 25.7 Å². The Balaban J connectivity index is 1.82. The van der Waals surface area contributed by atoms with E-state index < -0.39 is 5.91 Å². The number of aromatic nitrogens is 2. The summed E-state index contributed by atoms with van der Waals surface area (Å²) in [5.74, 6) is -0.420. The van der Waals surface area contributed by atoms with Gasteiger partial charge in [-0.25, -0.2) is 9.97 Å². The topological polar surface area (TPSA) is 110 Å². The third-order valence-electron chi connectivity index (χ3n) is 4.60. The Morgan fingerprint density at radius 2 is 1.92 bits per heavy atom. The molecule has 1 heterocycles. The molecule has 2 aromatic rings. The number of carbonyl (C=O) groups is 2. The number of nitrogens with one attached hydrogen (secondary N) is 2. The highest BCUT2D eigenvalue weighted by molar-refractivity contribution is 5.97. The molecule has 1 aromatic carbocycles. The molecule has 0 saturated heterocycles. The van der Waals surface area contributed by atoms with Crippen LogP contribution in [0.15, 0.2) is 30.5 Å². The van der Waals surface area contributed by atoms with Crippen molar-refractivity contribution in [1.82, 2.24) is 20.6 Å². The van der Waals surface area contributed by atoms with Crippen molar-refractivity contribution in [3.63, 3.8) is 0 Å². The Morgan fingerprint density at radius 3 is 2.65 bits per heavy atom. The number of amides is 2. The SMILES string of the molecule is CNC(=O)c1nc(-c2cccc(C(=O)NC3CCCCC3)c2)cnc1N. The van der Waals surface area contributed by atoms with E-state index in [0.29, 0.717) is 16.8 Å². The number of anilines is 1. The molecule has 0 spiro atoms. The van der Waals surface area contributed by atoms with Crippen molar-refractivity contribution in [2.75, 3.05) is 12.8 Å². The molecule has 136 valence electrons. The minimum Gasteiger partial charge on any atom is -0.382 e. The van der Waals surface area contributed by atoms with E-state index in [-0.39, 0.29) is 23.5 Å². The zero-order valence-electron chi connectivity index (χ0n) is 14.8. The molecule has 7 nitrogen and oxygen atoms in total. The van der Waals surface area contributed by atoms with Crippen molar-refractivity contribution >= 4 is 17.6 Å². The molecule has 26 heavy (non-hydrogen) atoms. The number of nitrogen functional groups attached to an aromatic ring is 1. The van der Waals surface area contributed by atoms with Crippen LogP contribution in [-0.4, -0.2) is 34.9 Å². The fourth-order valence-electron chi connectivity index (χ4n) is 3.16. The van der Waals surface area contributed by atoms with Crippen LogP contribution in [-0.2, 0) is 0 Å². The first kappa shape index (κ1) is 17.8. The summed E-state index contributed by atoms with van der Waals surface area (Å²) in [6.45, 7) is 0. The zero-order chi connectivity index (χ0) is 18.5. The van der Waals surface area contributed by atoms with Crippen LogP contribution < -0.4 is 16.4 Å². The van der Waals surface area contributed by atoms with E-state index in [4.69, 9.17) is 5.73 Å². The van der Waals surface area contributed by atoms with Crippen molar-refractivity contribution < 1.29 is 9.59 Å². The quantitative estimate of drug-likeness (QED) is 0.780. The molecule has 1 saturated carbocycles. The molecule has 1 aliphatic rings. The molecule has 0 atom stereocenters. The Hall–Kier alpha value is -2.96. The predicted molar refractivity (Wildman–Crippen MR) is 99.6 cm³/mol. The summed E-state index contributed by atoms with van der Waals surface area (Å²) < 4.78 is 0. The van der Waals surface area contributed by atoms with Gasteiger partial charge in [0.15, 0.2) is 11.5 Å². The van der Waals surface area contributed by atoms with E-state index in [9.17, 15) is 9.59 Å². The normalized spacial score (nSPS) is 14.7. The van der Waals surface area contributed by atoms with Crippen molar-refractivity contribution in [3.8, 4) is 11.3 Å². The smallest absolute Gasteiger partial charge is 0.273 e. The molecule has 0 bridgehead atoms. The highest BCUT2D eigenvalue weighted by atomic mass is 16.2. The Kier molecular flexibility index (Phi) is 5.46. The standard InChI is InChI=1S/C19H23N5O2/c1-21-19(26)16-17(20)22-11-15(24-16)12-6-5-7-13(10-12)18(25)23-14-8-3-2-4-9-14/h5-7,10-11,14H,2-4,8-9H2,1H3,(H2,20,22)(H,21,26)(H,23,25). The number of rotatable bonds is 4. The van der Waals surface area contributed by atoms with Crippen LogP contribution in [0.3, 0.4) is 0 Å². The molecule has 1 fully saturated rings. The van der Waals surface area contributed by atoms with Crippen LogP contribution >= 0.6 is 0 Å². The lowest BCUT2D eigenvalue weighted by molar-refractivity contribution is 0.0925. The number of hydrogen-bond acceptors (Lipinski definition) is 5. The summed E-state index contributed by atoms with van der Waals surface area (Å²) >= 11 is 0. The maximum Gasteiger partial charge on any atom is 0.273 e. The van der Waals surface area contributed by atoms with Gasteiger partial charge >= 0.3 is 0 Å². The number of nitrogens with two attached hydrogens (primary N) is 1. The predicted octanol–water partition coefficient (Wildman–Crippen LogP) is 2.15. The fourth-order valence-corrected chi connectivity index (χ4v) is 3.16. The highest BCUT2D eigenvalue weighted by Gasteiger charge is 2.18. The summed E-state index contributed by atoms with van der Waals surface area (Å²) in [4.78, 5) is 32.7. The number of benzene rings is 1. The lowest BCUT2D eigenvalue weighted by Gasteiger charge is -2.22. The second-order valence-corrected chi connectivity index (χ2v) is 6.46. The Morgan fingerprint density at radius 1 is 1.15 bits per heavy atom. The Bertz CT molecular complexity index is 815. The summed E-state index contributed by atoms with van der Waals surface area (Å²) in [5.41, 5.74) is 7.56. The fraction of sp³-hybridized carbons (Fsp3) is 0.368. The first-order valence-electron chi connectivity index (χ1n) is 8.84. The lowest BCUT2D eigenvalue weighted by atomic mass is 9.95. The molecule has 7 heteroatoms. The second-order valence-electron chi connectivity index (χ2n) is 6.46. The number of nitrogens with zero attached hydrogens (tertiary/aromatic N) is 2. The van der Waals surface area contributed by atoms with Gasteiger partial charge in [-0.2, -0.15) is 0 Å². The van der Waals surface area contributed by atoms with Gasteiger partial charge in [0, 0.05) is 24.2 Å². The summed E-state index contributed by atoms with van der Waals surface area (Å²) in [6.07, 6.45) is 7.13. The van der Waals surface area contributed by atoms with Crippen molar-refractivity contribution in [2.24, 2.45) is 0 Å². The molecule has 0 aliphatic heterocycles. The third kappa shape index (κ3) is 3.99. The van der Waals surface area contributed by atoms with Crippen molar-refractivity contribution in [3.05, 3.63) is 41.7 Å². The van der Waals surface area contributed by atoms with Gasteiger partial charge < -0.3 is 16.4 Å². The van der Waals surface area contributed by atoms with Gasteiger partial charge in [-0.3, -0.25) is 9.59 Å². The molecule has 1 aliphatic carbocycles. The monoisotopic (exact) mass is 353 g/mol. The largest absolute Gasteiger partial charge is 0.382 e. The van der Waals surface area contributed by atoms with E-state index in [1.807, 2.05) is 6.07 Å². The van der Waals surface area contributed by atoms with Gasteiger partial charge in [-0.15, -0.1) is 0 Å². The van der Waals surface area contributed by atoms with Crippen LogP contribution in [0.5, 0.6) is 0 Å². The number of carbonyl (C=O) groups excluding carboxylic acids is 2. The summed E-state index contributed by atoms with van der Waals surface area (Å²) in [5, 5.41) is 5.59. The van der Waals surface area contributed by atoms with Gasteiger partial charge in [0.25, 0.3) is 11.8 Å². The van der Waals surface area contributed by atoms with E-state index >= 15 is 0 Å². The molecule has 0 radical (unpaired) electrons. The average Bonchev–Trinajstić information content (AvgIpc) is 2.68. The van der Waals surface area contributed by atoms with E-state index in [2.05, 4.69) is 20.6 Å². The van der Waals surface area contributed by atoms with E-state index in [1.165, 1.54) is 19.7 Å². The van der Waals surface area contributed by atoms with Gasteiger partial charge in [0.05, 0.1) is 11.9 Å². The molecule has 4 N–H and O–H groups in total. The second kappa shape index (κ2) is 7.95. The highest BCUT2D eigenvalue weighted by Crippen LogP contribution is 2.21. The van der Waals surface area contributed by atoms with Gasteiger partial charge in [-0.05, 0) is 25.0 Å². The minimum absolute atomic E-state index is 0.0688. The minimum atomic E-state index is -0.400. The molecular weight excluding hydrogens is 330 g/mol. The van der Waals surface area contributed by atoms with Crippen LogP contribution in [0, 0.1) is 0 Å². The van der Waals surface area contributed by atoms with Crippen LogP contribution in [0.2, 0.25) is 0 Å². The molecule has 3 rings (SSSR count).